The van der Waals surface area contributed by atoms with Gasteiger partial charge in [-0.3, -0.25) is 10.1 Å². The van der Waals surface area contributed by atoms with E-state index in [1.165, 1.54) is 6.20 Å². The Morgan fingerprint density at radius 3 is 3.00 bits per heavy atom. The zero-order valence-corrected chi connectivity index (χ0v) is 12.7. The van der Waals surface area contributed by atoms with Crippen LogP contribution in [0.5, 0.6) is 0 Å². The van der Waals surface area contributed by atoms with Crippen molar-refractivity contribution in [3.05, 3.63) is 16.3 Å². The van der Waals surface area contributed by atoms with Crippen LogP contribution in [0.1, 0.15) is 20.8 Å². The van der Waals surface area contributed by atoms with E-state index < -0.39 is 4.92 Å². The zero-order chi connectivity index (χ0) is 14.7. The van der Waals surface area contributed by atoms with E-state index >= 15 is 0 Å². The van der Waals surface area contributed by atoms with Gasteiger partial charge in [0.1, 0.15) is 6.20 Å². The van der Waals surface area contributed by atoms with Gasteiger partial charge < -0.3 is 10.2 Å². The summed E-state index contributed by atoms with van der Waals surface area (Å²) in [5.41, 5.74) is -0.0300. The fourth-order valence-electron chi connectivity index (χ4n) is 2.18. The summed E-state index contributed by atoms with van der Waals surface area (Å²) < 4.78 is 0. The van der Waals surface area contributed by atoms with Gasteiger partial charge in [-0.15, -0.1) is 0 Å². The molecule has 0 aromatic carbocycles. The molecule has 110 valence electrons. The van der Waals surface area contributed by atoms with Gasteiger partial charge in [-0.2, -0.15) is 16.7 Å². The maximum absolute atomic E-state index is 11.2. The molecule has 0 saturated carbocycles. The van der Waals surface area contributed by atoms with E-state index in [2.05, 4.69) is 29.1 Å². The molecule has 20 heavy (non-hydrogen) atoms. The predicted molar refractivity (Wildman–Crippen MR) is 81.6 cm³/mol. The number of nitrogens with one attached hydrogen (secondary N) is 1. The van der Waals surface area contributed by atoms with Crippen LogP contribution in [0, 0.1) is 10.1 Å². The van der Waals surface area contributed by atoms with Crippen LogP contribution in [-0.2, 0) is 0 Å². The molecule has 2 atom stereocenters. The SMILES string of the molecule is CCNc1ncc([N+](=O)[O-])c(N2CCSC(C)C2C)n1. The smallest absolute Gasteiger partial charge is 0.329 e. The third-order valence-corrected chi connectivity index (χ3v) is 4.78. The highest BCUT2D eigenvalue weighted by atomic mass is 32.2. The Balaban J connectivity index is 2.40. The molecule has 7 nitrogen and oxygen atoms in total. The summed E-state index contributed by atoms with van der Waals surface area (Å²) in [6.07, 6.45) is 1.29. The molecule has 1 saturated heterocycles. The van der Waals surface area contributed by atoms with Crippen molar-refractivity contribution in [1.82, 2.24) is 9.97 Å². The highest BCUT2D eigenvalue weighted by Gasteiger charge is 2.31. The molecule has 2 rings (SSSR count). The molecular weight excluding hydrogens is 278 g/mol. The van der Waals surface area contributed by atoms with Gasteiger partial charge in [-0.05, 0) is 13.8 Å². The van der Waals surface area contributed by atoms with Crippen molar-refractivity contribution in [2.45, 2.75) is 32.1 Å². The number of hydrogen-bond donors (Lipinski definition) is 1. The lowest BCUT2D eigenvalue weighted by Crippen LogP contribution is -2.45. The first-order valence-corrected chi connectivity index (χ1v) is 7.73. The van der Waals surface area contributed by atoms with Crippen LogP contribution in [0.15, 0.2) is 6.20 Å². The Morgan fingerprint density at radius 1 is 1.60 bits per heavy atom. The van der Waals surface area contributed by atoms with Crippen LogP contribution in [0.3, 0.4) is 0 Å². The molecule has 0 bridgehead atoms. The van der Waals surface area contributed by atoms with E-state index in [9.17, 15) is 10.1 Å². The summed E-state index contributed by atoms with van der Waals surface area (Å²) in [6, 6.07) is 0.205. The van der Waals surface area contributed by atoms with E-state index in [-0.39, 0.29) is 11.7 Å². The minimum Gasteiger partial charge on any atom is -0.354 e. The second-order valence-corrected chi connectivity index (χ2v) is 6.18. The summed E-state index contributed by atoms with van der Waals surface area (Å²) in [5.74, 6) is 1.80. The molecule has 1 aliphatic heterocycles. The van der Waals surface area contributed by atoms with E-state index in [4.69, 9.17) is 0 Å². The fourth-order valence-corrected chi connectivity index (χ4v) is 3.28. The van der Waals surface area contributed by atoms with E-state index in [0.29, 0.717) is 23.6 Å². The Morgan fingerprint density at radius 2 is 2.35 bits per heavy atom. The first-order chi connectivity index (χ1) is 9.54. The molecule has 1 aliphatic rings. The third-order valence-electron chi connectivity index (χ3n) is 3.44. The maximum Gasteiger partial charge on any atom is 0.329 e. The summed E-state index contributed by atoms with van der Waals surface area (Å²) in [4.78, 5) is 21.1. The molecule has 2 heterocycles. The van der Waals surface area contributed by atoms with Crippen LogP contribution in [-0.4, -0.2) is 45.0 Å². The van der Waals surface area contributed by atoms with Crippen molar-refractivity contribution in [1.29, 1.82) is 0 Å². The number of hydrogen-bond acceptors (Lipinski definition) is 7. The lowest BCUT2D eigenvalue weighted by molar-refractivity contribution is -0.384. The second kappa shape index (κ2) is 6.25. The summed E-state index contributed by atoms with van der Waals surface area (Å²) in [6.45, 7) is 7.60. The first-order valence-electron chi connectivity index (χ1n) is 6.68. The van der Waals surface area contributed by atoms with Crippen molar-refractivity contribution in [2.24, 2.45) is 0 Å². The quantitative estimate of drug-likeness (QED) is 0.673. The molecule has 0 radical (unpaired) electrons. The highest BCUT2D eigenvalue weighted by molar-refractivity contribution is 8.00. The number of nitrogens with zero attached hydrogens (tertiary/aromatic N) is 4. The molecule has 0 aliphatic carbocycles. The minimum absolute atomic E-state index is 0.0300. The van der Waals surface area contributed by atoms with Crippen LogP contribution < -0.4 is 10.2 Å². The second-order valence-electron chi connectivity index (χ2n) is 4.70. The first kappa shape index (κ1) is 14.8. The largest absolute Gasteiger partial charge is 0.354 e. The highest BCUT2D eigenvalue weighted by Crippen LogP contribution is 2.33. The number of nitro groups is 1. The van der Waals surface area contributed by atoms with Crippen molar-refractivity contribution in [2.75, 3.05) is 29.1 Å². The van der Waals surface area contributed by atoms with E-state index in [1.807, 2.05) is 23.6 Å². The van der Waals surface area contributed by atoms with Crippen LogP contribution >= 0.6 is 11.8 Å². The normalized spacial score (nSPS) is 22.6. The van der Waals surface area contributed by atoms with Gasteiger partial charge in [0.05, 0.1) is 4.92 Å². The topological polar surface area (TPSA) is 84.2 Å². The number of thioether (sulfide) groups is 1. The molecule has 1 N–H and O–H groups in total. The van der Waals surface area contributed by atoms with Gasteiger partial charge in [0.15, 0.2) is 0 Å². The molecule has 1 aromatic heterocycles. The molecule has 2 unspecified atom stereocenters. The van der Waals surface area contributed by atoms with Gasteiger partial charge in [-0.1, -0.05) is 6.92 Å². The monoisotopic (exact) mass is 297 g/mol. The van der Waals surface area contributed by atoms with Gasteiger partial charge in [0, 0.05) is 30.1 Å². The molecule has 1 aromatic rings. The van der Waals surface area contributed by atoms with E-state index in [1.54, 1.807) is 0 Å². The zero-order valence-electron chi connectivity index (χ0n) is 11.9. The number of aromatic nitrogens is 2. The molecule has 1 fully saturated rings. The van der Waals surface area contributed by atoms with Gasteiger partial charge in [-0.25, -0.2) is 4.98 Å². The number of rotatable bonds is 4. The summed E-state index contributed by atoms with van der Waals surface area (Å²) in [7, 11) is 0. The van der Waals surface area contributed by atoms with Crippen LogP contribution in [0.4, 0.5) is 17.5 Å². The van der Waals surface area contributed by atoms with Gasteiger partial charge in [0.2, 0.25) is 11.8 Å². The Hall–Kier alpha value is -1.57. The third kappa shape index (κ3) is 2.95. The molecule has 0 amide bonds. The van der Waals surface area contributed by atoms with Crippen molar-refractivity contribution in [3.8, 4) is 0 Å². The average molecular weight is 297 g/mol. The Labute approximate surface area is 122 Å². The minimum atomic E-state index is -0.413. The predicted octanol–water partition coefficient (Wildman–Crippen LogP) is 2.15. The lowest BCUT2D eigenvalue weighted by atomic mass is 10.2. The number of anilines is 2. The molecule has 0 spiro atoms. The Kier molecular flexibility index (Phi) is 4.64. The van der Waals surface area contributed by atoms with Crippen molar-refractivity contribution < 1.29 is 4.92 Å². The summed E-state index contributed by atoms with van der Waals surface area (Å²) >= 11 is 1.88. The molecule has 8 heteroatoms. The van der Waals surface area contributed by atoms with E-state index in [0.717, 1.165) is 12.3 Å². The average Bonchev–Trinajstić information content (AvgIpc) is 2.42. The fraction of sp³-hybridized carbons (Fsp3) is 0.667. The van der Waals surface area contributed by atoms with Crippen LogP contribution in [0.25, 0.3) is 0 Å². The Bertz CT molecular complexity index is 499. The molecular formula is C12H19N5O2S. The van der Waals surface area contributed by atoms with Crippen molar-refractivity contribution in [3.63, 3.8) is 0 Å². The lowest BCUT2D eigenvalue weighted by Gasteiger charge is -2.37. The van der Waals surface area contributed by atoms with Crippen LogP contribution in [0.2, 0.25) is 0 Å². The van der Waals surface area contributed by atoms with Gasteiger partial charge in [0.25, 0.3) is 0 Å². The maximum atomic E-state index is 11.2. The van der Waals surface area contributed by atoms with Crippen molar-refractivity contribution >= 4 is 29.2 Å². The van der Waals surface area contributed by atoms with Gasteiger partial charge >= 0.3 is 5.69 Å². The summed E-state index contributed by atoms with van der Waals surface area (Å²) in [5, 5.41) is 14.6. The standard InChI is InChI=1S/C12H19N5O2S/c1-4-13-12-14-7-10(17(18)19)11(15-12)16-5-6-20-9(3)8(16)2/h7-9H,4-6H2,1-3H3,(H,13,14,15).